The van der Waals surface area contributed by atoms with E-state index in [2.05, 4.69) is 27.0 Å². The third-order valence-corrected chi connectivity index (χ3v) is 6.89. The number of esters is 1. The van der Waals surface area contributed by atoms with Crippen LogP contribution in [0, 0.1) is 23.2 Å². The molecule has 1 saturated carbocycles. The standard InChI is InChI=1S/C26H36O5/c1-7-9-10-16(3)13-18(5)25(30)31-23-12-11-20(24(28)29)26(6)15-19(17(4)8-2)22(27)14-21(23)26/h8,13-14,16,19-20,23H,2,4,7,9-12,15H2,1,3,5-6H3,(H,28,29)/b18-13-/t16?,19-,20+,23+,26+/m0/s1. The summed E-state index contributed by atoms with van der Waals surface area (Å²) >= 11 is 0. The second-order valence-electron chi connectivity index (χ2n) is 9.29. The minimum absolute atomic E-state index is 0.134. The van der Waals surface area contributed by atoms with Gasteiger partial charge in [0.1, 0.15) is 6.10 Å². The summed E-state index contributed by atoms with van der Waals surface area (Å²) in [4.78, 5) is 37.6. The first kappa shape index (κ1) is 24.8. The van der Waals surface area contributed by atoms with Crippen molar-refractivity contribution in [3.8, 4) is 0 Å². The summed E-state index contributed by atoms with van der Waals surface area (Å²) in [5.41, 5.74) is 0.964. The van der Waals surface area contributed by atoms with Crippen LogP contribution in [0.2, 0.25) is 0 Å². The first-order valence-electron chi connectivity index (χ1n) is 11.2. The number of carboxylic acid groups (broad SMARTS) is 1. The maximum absolute atomic E-state index is 12.8. The minimum atomic E-state index is -0.892. The summed E-state index contributed by atoms with van der Waals surface area (Å²) in [5.74, 6) is -2.30. The van der Waals surface area contributed by atoms with Crippen LogP contribution in [0.4, 0.5) is 0 Å². The van der Waals surface area contributed by atoms with Crippen molar-refractivity contribution < 1.29 is 24.2 Å². The summed E-state index contributed by atoms with van der Waals surface area (Å²) < 4.78 is 5.83. The van der Waals surface area contributed by atoms with Gasteiger partial charge in [-0.3, -0.25) is 9.59 Å². The molecule has 0 bridgehead atoms. The average Bonchev–Trinajstić information content (AvgIpc) is 2.71. The quantitative estimate of drug-likeness (QED) is 0.301. The molecule has 0 aromatic heterocycles. The van der Waals surface area contributed by atoms with Gasteiger partial charge >= 0.3 is 11.9 Å². The van der Waals surface area contributed by atoms with Crippen molar-refractivity contribution in [1.29, 1.82) is 0 Å². The summed E-state index contributed by atoms with van der Waals surface area (Å²) in [6.45, 7) is 15.4. The van der Waals surface area contributed by atoms with Crippen LogP contribution in [0.1, 0.15) is 66.2 Å². The van der Waals surface area contributed by atoms with Gasteiger partial charge in [-0.25, -0.2) is 4.79 Å². The number of fused-ring (bicyclic) bond motifs is 1. The van der Waals surface area contributed by atoms with E-state index in [4.69, 9.17) is 4.74 Å². The van der Waals surface area contributed by atoms with Crippen molar-refractivity contribution in [3.63, 3.8) is 0 Å². The molecular weight excluding hydrogens is 392 g/mol. The van der Waals surface area contributed by atoms with Crippen LogP contribution >= 0.6 is 0 Å². The van der Waals surface area contributed by atoms with E-state index in [-0.39, 0.29) is 11.7 Å². The fourth-order valence-electron chi connectivity index (χ4n) is 4.96. The second kappa shape index (κ2) is 10.3. The molecule has 5 atom stereocenters. The number of hydrogen-bond acceptors (Lipinski definition) is 4. The lowest BCUT2D eigenvalue weighted by atomic mass is 9.56. The molecule has 0 saturated heterocycles. The van der Waals surface area contributed by atoms with Gasteiger partial charge in [0.2, 0.25) is 0 Å². The molecule has 5 heteroatoms. The highest BCUT2D eigenvalue weighted by Crippen LogP contribution is 2.53. The van der Waals surface area contributed by atoms with Gasteiger partial charge in [-0.05, 0) is 55.7 Å². The molecule has 1 fully saturated rings. The van der Waals surface area contributed by atoms with Crippen LogP contribution < -0.4 is 0 Å². The van der Waals surface area contributed by atoms with E-state index in [9.17, 15) is 19.5 Å². The number of rotatable bonds is 9. The zero-order chi connectivity index (χ0) is 23.3. The SMILES string of the molecule is C=CC(=C)[C@@H]1C[C@@]2(C)C(=CC1=O)[C@H](OC(=O)/C(C)=C\C(C)CCCC)CC[C@@H]2C(=O)O. The molecule has 0 amide bonds. The van der Waals surface area contributed by atoms with Gasteiger partial charge in [0.25, 0.3) is 0 Å². The highest BCUT2D eigenvalue weighted by Gasteiger charge is 2.53. The van der Waals surface area contributed by atoms with Crippen molar-refractivity contribution in [1.82, 2.24) is 0 Å². The van der Waals surface area contributed by atoms with Crippen molar-refractivity contribution in [2.24, 2.45) is 23.2 Å². The number of carboxylic acids is 1. The lowest BCUT2D eigenvalue weighted by Gasteiger charge is -2.48. The maximum atomic E-state index is 12.8. The van der Waals surface area contributed by atoms with Crippen LogP contribution in [-0.2, 0) is 19.1 Å². The molecule has 5 nitrogen and oxygen atoms in total. The predicted molar refractivity (Wildman–Crippen MR) is 121 cm³/mol. The van der Waals surface area contributed by atoms with Crippen molar-refractivity contribution >= 4 is 17.7 Å². The monoisotopic (exact) mass is 428 g/mol. The molecule has 0 radical (unpaired) electrons. The Hall–Kier alpha value is -2.43. The Morgan fingerprint density at radius 1 is 1.39 bits per heavy atom. The Morgan fingerprint density at radius 3 is 2.65 bits per heavy atom. The van der Waals surface area contributed by atoms with Crippen molar-refractivity contribution in [2.75, 3.05) is 0 Å². The average molecular weight is 429 g/mol. The van der Waals surface area contributed by atoms with Gasteiger partial charge in [0.05, 0.1) is 5.92 Å². The fraction of sp³-hybridized carbons (Fsp3) is 0.577. The Balaban J connectivity index is 2.30. The zero-order valence-corrected chi connectivity index (χ0v) is 19.3. The number of ether oxygens (including phenoxy) is 1. The third-order valence-electron chi connectivity index (χ3n) is 6.89. The van der Waals surface area contributed by atoms with Crippen molar-refractivity contribution in [2.45, 2.75) is 72.3 Å². The summed E-state index contributed by atoms with van der Waals surface area (Å²) in [6, 6.07) is 0. The lowest BCUT2D eigenvalue weighted by Crippen LogP contribution is -2.49. The molecule has 0 heterocycles. The van der Waals surface area contributed by atoms with E-state index < -0.39 is 35.3 Å². The molecule has 0 spiro atoms. The smallest absolute Gasteiger partial charge is 0.333 e. The van der Waals surface area contributed by atoms with E-state index in [0.29, 0.717) is 36.0 Å². The van der Waals surface area contributed by atoms with Gasteiger partial charge in [0.15, 0.2) is 5.78 Å². The minimum Gasteiger partial charge on any atom is -0.481 e. The van der Waals surface area contributed by atoms with E-state index >= 15 is 0 Å². The largest absolute Gasteiger partial charge is 0.481 e. The van der Waals surface area contributed by atoms with Crippen LogP contribution in [0.3, 0.4) is 0 Å². The molecule has 170 valence electrons. The highest BCUT2D eigenvalue weighted by molar-refractivity contribution is 5.97. The second-order valence-corrected chi connectivity index (χ2v) is 9.29. The molecule has 0 aromatic carbocycles. The van der Waals surface area contributed by atoms with E-state index in [1.165, 1.54) is 6.08 Å². The first-order valence-corrected chi connectivity index (χ1v) is 11.2. The van der Waals surface area contributed by atoms with Crippen LogP contribution in [0.25, 0.3) is 0 Å². The molecule has 1 unspecified atom stereocenters. The van der Waals surface area contributed by atoms with Gasteiger partial charge in [-0.15, -0.1) is 0 Å². The molecule has 0 aliphatic heterocycles. The van der Waals surface area contributed by atoms with Gasteiger partial charge in [-0.2, -0.15) is 0 Å². The predicted octanol–water partition coefficient (Wildman–Crippen LogP) is 5.43. The van der Waals surface area contributed by atoms with E-state index in [1.54, 1.807) is 13.0 Å². The van der Waals surface area contributed by atoms with Crippen LogP contribution in [-0.4, -0.2) is 28.9 Å². The number of allylic oxidation sites excluding steroid dienone is 4. The summed E-state index contributed by atoms with van der Waals surface area (Å²) in [7, 11) is 0. The number of ketones is 1. The number of unbranched alkanes of at least 4 members (excludes halogenated alkanes) is 1. The van der Waals surface area contributed by atoms with Gasteiger partial charge in [-0.1, -0.05) is 58.9 Å². The fourth-order valence-corrected chi connectivity index (χ4v) is 4.96. The Morgan fingerprint density at radius 2 is 2.06 bits per heavy atom. The maximum Gasteiger partial charge on any atom is 0.333 e. The molecule has 2 rings (SSSR count). The van der Waals surface area contributed by atoms with E-state index in [0.717, 1.165) is 19.3 Å². The number of carbonyl (C=O) groups is 3. The third kappa shape index (κ3) is 5.44. The molecule has 1 N–H and O–H groups in total. The topological polar surface area (TPSA) is 80.7 Å². The van der Waals surface area contributed by atoms with Crippen molar-refractivity contribution in [3.05, 3.63) is 48.1 Å². The van der Waals surface area contributed by atoms with Gasteiger partial charge in [0, 0.05) is 16.9 Å². The highest BCUT2D eigenvalue weighted by atomic mass is 16.5. The molecule has 2 aliphatic rings. The first-order chi connectivity index (χ1) is 14.5. The number of hydrogen-bond donors (Lipinski definition) is 1. The molecule has 2 aliphatic carbocycles. The number of carbonyl (C=O) groups excluding carboxylic acids is 2. The Bertz CT molecular complexity index is 818. The van der Waals surface area contributed by atoms with E-state index in [1.807, 2.05) is 13.0 Å². The summed E-state index contributed by atoms with van der Waals surface area (Å²) in [5, 5.41) is 9.85. The normalized spacial score (nSPS) is 29.4. The Labute approximate surface area is 185 Å². The molecule has 0 aromatic rings. The summed E-state index contributed by atoms with van der Waals surface area (Å²) in [6.07, 6.45) is 8.72. The zero-order valence-electron chi connectivity index (χ0n) is 19.3. The number of aliphatic carboxylic acids is 1. The van der Waals surface area contributed by atoms with Crippen LogP contribution in [0.5, 0.6) is 0 Å². The Kier molecular flexibility index (Phi) is 8.21. The lowest BCUT2D eigenvalue weighted by molar-refractivity contribution is -0.152. The molecular formula is C26H36O5. The molecule has 31 heavy (non-hydrogen) atoms. The van der Waals surface area contributed by atoms with Gasteiger partial charge < -0.3 is 9.84 Å². The van der Waals surface area contributed by atoms with Crippen LogP contribution in [0.15, 0.2) is 48.1 Å².